The minimum atomic E-state index is -0.0131. The van der Waals surface area contributed by atoms with Crippen LogP contribution < -0.4 is 10.2 Å². The summed E-state index contributed by atoms with van der Waals surface area (Å²) < 4.78 is 0. The lowest BCUT2D eigenvalue weighted by molar-refractivity contribution is -0.120. The molecule has 8 heteroatoms. The van der Waals surface area contributed by atoms with Crippen LogP contribution in [0.3, 0.4) is 0 Å². The molecule has 138 valence electrons. The molecule has 0 bridgehead atoms. The average molecular weight is 380 g/mol. The van der Waals surface area contributed by atoms with Crippen molar-refractivity contribution in [2.45, 2.75) is 19.8 Å². The summed E-state index contributed by atoms with van der Waals surface area (Å²) in [5.41, 5.74) is 1.98. The van der Waals surface area contributed by atoms with Gasteiger partial charge in [-0.1, -0.05) is 41.7 Å². The van der Waals surface area contributed by atoms with E-state index in [0.29, 0.717) is 5.13 Å². The first-order chi connectivity index (χ1) is 13.2. The molecule has 1 N–H and O–H groups in total. The lowest BCUT2D eigenvalue weighted by Crippen LogP contribution is -2.38. The Kier molecular flexibility index (Phi) is 5.06. The van der Waals surface area contributed by atoms with Crippen molar-refractivity contribution < 1.29 is 4.79 Å². The van der Waals surface area contributed by atoms with Crippen LogP contribution in [0.5, 0.6) is 0 Å². The smallest absolute Gasteiger partial charge is 0.229 e. The summed E-state index contributed by atoms with van der Waals surface area (Å²) >= 11 is 1.40. The number of hydrogen-bond acceptors (Lipinski definition) is 7. The van der Waals surface area contributed by atoms with Gasteiger partial charge >= 0.3 is 0 Å². The van der Waals surface area contributed by atoms with Gasteiger partial charge in [0.15, 0.2) is 0 Å². The van der Waals surface area contributed by atoms with Gasteiger partial charge in [0.2, 0.25) is 11.0 Å². The van der Waals surface area contributed by atoms with Gasteiger partial charge in [-0.15, -0.1) is 10.2 Å². The molecular weight excluding hydrogens is 360 g/mol. The van der Waals surface area contributed by atoms with E-state index in [1.165, 1.54) is 11.3 Å². The standard InChI is InChI=1S/C19H20N6OS/c1-13-23-24-19(27-13)22-18(26)15-7-9-25(10-8-15)17-11-16(20-12-21-17)14-5-3-2-4-6-14/h2-6,11-12,15H,7-10H2,1H3,(H,22,24,26). The van der Waals surface area contributed by atoms with Crippen LogP contribution in [0.1, 0.15) is 17.8 Å². The van der Waals surface area contributed by atoms with E-state index in [9.17, 15) is 4.79 Å². The number of aryl methyl sites for hydroxylation is 1. The van der Waals surface area contributed by atoms with E-state index in [4.69, 9.17) is 0 Å². The van der Waals surface area contributed by atoms with Crippen LogP contribution in [0.15, 0.2) is 42.7 Å². The van der Waals surface area contributed by atoms with E-state index in [1.807, 2.05) is 43.3 Å². The second-order valence-corrected chi connectivity index (χ2v) is 7.69. The molecule has 0 aliphatic carbocycles. The Hall–Kier alpha value is -2.87. The SMILES string of the molecule is Cc1nnc(NC(=O)C2CCN(c3cc(-c4ccccc4)ncn3)CC2)s1. The molecule has 27 heavy (non-hydrogen) atoms. The normalized spacial score (nSPS) is 14.9. The number of benzene rings is 1. The van der Waals surface area contributed by atoms with Crippen LogP contribution >= 0.6 is 11.3 Å². The molecule has 1 fully saturated rings. The molecule has 3 aromatic rings. The molecule has 1 saturated heterocycles. The third kappa shape index (κ3) is 4.11. The molecular formula is C19H20N6OS. The average Bonchev–Trinajstić information content (AvgIpc) is 3.13. The topological polar surface area (TPSA) is 83.9 Å². The number of hydrogen-bond donors (Lipinski definition) is 1. The molecule has 0 atom stereocenters. The highest BCUT2D eigenvalue weighted by Gasteiger charge is 2.26. The van der Waals surface area contributed by atoms with E-state index in [-0.39, 0.29) is 11.8 Å². The number of nitrogens with one attached hydrogen (secondary N) is 1. The summed E-state index contributed by atoms with van der Waals surface area (Å²) in [5, 5.41) is 12.2. The van der Waals surface area contributed by atoms with Crippen molar-refractivity contribution in [1.82, 2.24) is 20.2 Å². The zero-order chi connectivity index (χ0) is 18.6. The maximum absolute atomic E-state index is 12.4. The maximum Gasteiger partial charge on any atom is 0.229 e. The largest absolute Gasteiger partial charge is 0.356 e. The molecule has 3 heterocycles. The first kappa shape index (κ1) is 17.5. The van der Waals surface area contributed by atoms with Crippen molar-refractivity contribution >= 4 is 28.2 Å². The van der Waals surface area contributed by atoms with Crippen LogP contribution in [0, 0.1) is 12.8 Å². The van der Waals surface area contributed by atoms with Gasteiger partial charge < -0.3 is 10.2 Å². The number of aromatic nitrogens is 4. The van der Waals surface area contributed by atoms with Crippen molar-refractivity contribution in [2.24, 2.45) is 5.92 Å². The van der Waals surface area contributed by atoms with Crippen molar-refractivity contribution in [1.29, 1.82) is 0 Å². The molecule has 0 saturated carbocycles. The van der Waals surface area contributed by atoms with E-state index in [1.54, 1.807) is 6.33 Å². The highest BCUT2D eigenvalue weighted by atomic mass is 32.1. The van der Waals surface area contributed by atoms with E-state index in [0.717, 1.165) is 48.0 Å². The van der Waals surface area contributed by atoms with E-state index >= 15 is 0 Å². The first-order valence-corrected chi connectivity index (χ1v) is 9.74. The molecule has 4 rings (SSSR count). The summed E-state index contributed by atoms with van der Waals surface area (Å²) in [6.45, 7) is 3.45. The van der Waals surface area contributed by atoms with Crippen molar-refractivity contribution in [3.8, 4) is 11.3 Å². The van der Waals surface area contributed by atoms with E-state index < -0.39 is 0 Å². The van der Waals surface area contributed by atoms with Gasteiger partial charge in [-0.3, -0.25) is 4.79 Å². The second kappa shape index (κ2) is 7.79. The number of nitrogens with zero attached hydrogens (tertiary/aromatic N) is 5. The first-order valence-electron chi connectivity index (χ1n) is 8.92. The molecule has 1 amide bonds. The van der Waals surface area contributed by atoms with Gasteiger partial charge in [0.1, 0.15) is 17.2 Å². The van der Waals surface area contributed by atoms with Crippen molar-refractivity contribution in [3.05, 3.63) is 47.7 Å². The summed E-state index contributed by atoms with van der Waals surface area (Å²) in [7, 11) is 0. The fourth-order valence-electron chi connectivity index (χ4n) is 3.21. The minimum Gasteiger partial charge on any atom is -0.356 e. The molecule has 1 aromatic carbocycles. The van der Waals surface area contributed by atoms with Crippen LogP contribution in [-0.2, 0) is 4.79 Å². The summed E-state index contributed by atoms with van der Waals surface area (Å²) in [4.78, 5) is 23.5. The van der Waals surface area contributed by atoms with Crippen LogP contribution in [0.2, 0.25) is 0 Å². The van der Waals surface area contributed by atoms with Gasteiger partial charge in [0, 0.05) is 30.6 Å². The molecule has 1 aliphatic rings. The number of piperidine rings is 1. The number of rotatable bonds is 4. The van der Waals surface area contributed by atoms with Gasteiger partial charge in [0.05, 0.1) is 5.69 Å². The predicted molar refractivity (Wildman–Crippen MR) is 106 cm³/mol. The van der Waals surface area contributed by atoms with Crippen molar-refractivity contribution in [3.63, 3.8) is 0 Å². The van der Waals surface area contributed by atoms with Crippen molar-refractivity contribution in [2.75, 3.05) is 23.3 Å². The van der Waals surface area contributed by atoms with Gasteiger partial charge in [-0.05, 0) is 19.8 Å². The predicted octanol–water partition coefficient (Wildman–Crippen LogP) is 3.16. The van der Waals surface area contributed by atoms with Gasteiger partial charge in [-0.2, -0.15) is 0 Å². The Balaban J connectivity index is 1.38. The number of carbonyl (C=O) groups excluding carboxylic acids is 1. The lowest BCUT2D eigenvalue weighted by Gasteiger charge is -2.32. The zero-order valence-corrected chi connectivity index (χ0v) is 15.8. The summed E-state index contributed by atoms with van der Waals surface area (Å²) in [6, 6.07) is 12.1. The lowest BCUT2D eigenvalue weighted by atomic mass is 9.96. The summed E-state index contributed by atoms with van der Waals surface area (Å²) in [6.07, 6.45) is 3.18. The van der Waals surface area contributed by atoms with E-state index in [2.05, 4.69) is 30.4 Å². The Morgan fingerprint density at radius 1 is 1.15 bits per heavy atom. The zero-order valence-electron chi connectivity index (χ0n) is 15.0. The molecule has 7 nitrogen and oxygen atoms in total. The molecule has 2 aromatic heterocycles. The fraction of sp³-hybridized carbons (Fsp3) is 0.316. The Morgan fingerprint density at radius 3 is 2.63 bits per heavy atom. The fourth-order valence-corrected chi connectivity index (χ4v) is 3.81. The maximum atomic E-state index is 12.4. The third-order valence-corrected chi connectivity index (χ3v) is 5.42. The van der Waals surface area contributed by atoms with Crippen LogP contribution in [0.4, 0.5) is 10.9 Å². The third-order valence-electron chi connectivity index (χ3n) is 4.67. The minimum absolute atomic E-state index is 0.0131. The highest BCUT2D eigenvalue weighted by molar-refractivity contribution is 7.15. The molecule has 1 aliphatic heterocycles. The number of carbonyl (C=O) groups is 1. The Morgan fingerprint density at radius 2 is 1.93 bits per heavy atom. The quantitative estimate of drug-likeness (QED) is 0.748. The molecule has 0 radical (unpaired) electrons. The Bertz CT molecular complexity index is 921. The molecule has 0 spiro atoms. The van der Waals surface area contributed by atoms with Gasteiger partial charge in [0.25, 0.3) is 0 Å². The summed E-state index contributed by atoms with van der Waals surface area (Å²) in [5.74, 6) is 0.918. The molecule has 0 unspecified atom stereocenters. The monoisotopic (exact) mass is 380 g/mol. The highest BCUT2D eigenvalue weighted by Crippen LogP contribution is 2.26. The van der Waals surface area contributed by atoms with Crippen LogP contribution in [-0.4, -0.2) is 39.2 Å². The number of amides is 1. The van der Waals surface area contributed by atoms with Gasteiger partial charge in [-0.25, -0.2) is 9.97 Å². The number of anilines is 2. The Labute approximate surface area is 161 Å². The second-order valence-electron chi connectivity index (χ2n) is 6.50. The van der Waals surface area contributed by atoms with Crippen LogP contribution in [0.25, 0.3) is 11.3 Å².